The van der Waals surface area contributed by atoms with Crippen molar-refractivity contribution in [1.82, 2.24) is 0 Å². The summed E-state index contributed by atoms with van der Waals surface area (Å²) in [7, 11) is 0. The maximum absolute atomic E-state index is 11.0. The molecular formula is C9H10O5S. The molecule has 1 aromatic rings. The maximum Gasteiger partial charge on any atom is 0.316 e. The molecule has 15 heavy (non-hydrogen) atoms. The Morgan fingerprint density at radius 3 is 2.80 bits per heavy atom. The molecule has 1 N–H and O–H groups in total. The Kier molecular flexibility index (Phi) is 4.23. The Hall–Kier alpha value is -1.43. The minimum absolute atomic E-state index is 0.100. The molecule has 0 radical (unpaired) electrons. The molecule has 1 rings (SSSR count). The Bertz CT molecular complexity index is 332. The standard InChI is InChI=1S/C9H10O5S/c10-8(11)4-7(14-9(12)5-15)6-2-1-3-13-6/h1-3,7,15H,4-5H2,(H,10,11). The molecule has 0 aromatic carbocycles. The zero-order valence-corrected chi connectivity index (χ0v) is 8.65. The molecule has 0 aliphatic carbocycles. The quantitative estimate of drug-likeness (QED) is 0.588. The van der Waals surface area contributed by atoms with Gasteiger partial charge in [-0.05, 0) is 12.1 Å². The molecule has 0 spiro atoms. The van der Waals surface area contributed by atoms with Gasteiger partial charge in [0.2, 0.25) is 0 Å². The van der Waals surface area contributed by atoms with E-state index in [2.05, 4.69) is 12.6 Å². The van der Waals surface area contributed by atoms with Gasteiger partial charge in [0.1, 0.15) is 5.76 Å². The van der Waals surface area contributed by atoms with Crippen LogP contribution in [0.1, 0.15) is 18.3 Å². The molecule has 82 valence electrons. The summed E-state index contributed by atoms with van der Waals surface area (Å²) in [5.41, 5.74) is 0. The van der Waals surface area contributed by atoms with Crippen LogP contribution in [0.2, 0.25) is 0 Å². The first kappa shape index (κ1) is 11.6. The third-order valence-electron chi connectivity index (χ3n) is 1.62. The van der Waals surface area contributed by atoms with Crippen molar-refractivity contribution in [3.05, 3.63) is 24.2 Å². The predicted octanol–water partition coefficient (Wildman–Crippen LogP) is 1.27. The second-order valence-corrected chi connectivity index (χ2v) is 3.07. The second-order valence-electron chi connectivity index (χ2n) is 2.75. The van der Waals surface area contributed by atoms with Gasteiger partial charge >= 0.3 is 11.9 Å². The molecule has 0 bridgehead atoms. The van der Waals surface area contributed by atoms with E-state index in [9.17, 15) is 9.59 Å². The highest BCUT2D eigenvalue weighted by Gasteiger charge is 2.21. The fourth-order valence-corrected chi connectivity index (χ4v) is 1.10. The zero-order chi connectivity index (χ0) is 11.3. The molecule has 1 aromatic heterocycles. The van der Waals surface area contributed by atoms with Gasteiger partial charge in [-0.25, -0.2) is 0 Å². The van der Waals surface area contributed by atoms with E-state index < -0.39 is 18.0 Å². The van der Waals surface area contributed by atoms with Gasteiger partial charge in [-0.1, -0.05) is 0 Å². The van der Waals surface area contributed by atoms with E-state index in [1.54, 1.807) is 12.1 Å². The first-order valence-corrected chi connectivity index (χ1v) is 4.82. The summed E-state index contributed by atoms with van der Waals surface area (Å²) >= 11 is 3.73. The Morgan fingerprint density at radius 1 is 1.60 bits per heavy atom. The number of hydrogen-bond donors (Lipinski definition) is 2. The first-order valence-electron chi connectivity index (χ1n) is 4.19. The number of hydrogen-bond acceptors (Lipinski definition) is 5. The SMILES string of the molecule is O=C(O)CC(OC(=O)CS)c1ccco1. The number of rotatable bonds is 5. The van der Waals surface area contributed by atoms with Gasteiger partial charge in [-0.2, -0.15) is 12.6 Å². The van der Waals surface area contributed by atoms with Crippen LogP contribution < -0.4 is 0 Å². The van der Waals surface area contributed by atoms with Gasteiger partial charge in [0, 0.05) is 0 Å². The van der Waals surface area contributed by atoms with E-state index in [4.69, 9.17) is 14.3 Å². The van der Waals surface area contributed by atoms with E-state index in [0.29, 0.717) is 5.76 Å². The number of carbonyl (C=O) groups is 2. The van der Waals surface area contributed by atoms with E-state index in [-0.39, 0.29) is 12.2 Å². The lowest BCUT2D eigenvalue weighted by atomic mass is 10.2. The number of aliphatic carboxylic acids is 1. The van der Waals surface area contributed by atoms with Crippen LogP contribution in [-0.4, -0.2) is 22.8 Å². The van der Waals surface area contributed by atoms with Gasteiger partial charge in [0.05, 0.1) is 18.4 Å². The predicted molar refractivity (Wildman–Crippen MR) is 53.6 cm³/mol. The number of carboxylic acids is 1. The minimum Gasteiger partial charge on any atom is -0.481 e. The molecule has 0 saturated heterocycles. The lowest BCUT2D eigenvalue weighted by molar-refractivity contribution is -0.151. The van der Waals surface area contributed by atoms with Crippen molar-refractivity contribution < 1.29 is 23.8 Å². The Labute approximate surface area is 91.4 Å². The fraction of sp³-hybridized carbons (Fsp3) is 0.333. The second kappa shape index (κ2) is 5.45. The number of ether oxygens (including phenoxy) is 1. The van der Waals surface area contributed by atoms with Crippen LogP contribution in [0.3, 0.4) is 0 Å². The summed E-state index contributed by atoms with van der Waals surface area (Å²) in [5.74, 6) is -1.44. The normalized spacial score (nSPS) is 12.1. The molecule has 0 aliphatic heterocycles. The van der Waals surface area contributed by atoms with Crippen molar-refractivity contribution in [2.75, 3.05) is 5.75 Å². The molecule has 0 aliphatic rings. The van der Waals surface area contributed by atoms with E-state index >= 15 is 0 Å². The van der Waals surface area contributed by atoms with Crippen LogP contribution in [0.25, 0.3) is 0 Å². The average Bonchev–Trinajstić information content (AvgIpc) is 2.68. The molecule has 0 saturated carbocycles. The Balaban J connectivity index is 2.70. The van der Waals surface area contributed by atoms with E-state index in [0.717, 1.165) is 0 Å². The van der Waals surface area contributed by atoms with Crippen LogP contribution in [0.4, 0.5) is 0 Å². The smallest absolute Gasteiger partial charge is 0.316 e. The van der Waals surface area contributed by atoms with Gasteiger partial charge in [-0.3, -0.25) is 9.59 Å². The highest BCUT2D eigenvalue weighted by molar-refractivity contribution is 7.81. The number of furan rings is 1. The molecule has 6 heteroatoms. The summed E-state index contributed by atoms with van der Waals surface area (Å²) in [6.07, 6.45) is 0.170. The Morgan fingerprint density at radius 2 is 2.33 bits per heavy atom. The number of esters is 1. The van der Waals surface area contributed by atoms with Crippen LogP contribution in [0.15, 0.2) is 22.8 Å². The van der Waals surface area contributed by atoms with E-state index in [1.165, 1.54) is 6.26 Å². The van der Waals surface area contributed by atoms with Crippen LogP contribution in [-0.2, 0) is 14.3 Å². The molecular weight excluding hydrogens is 220 g/mol. The third-order valence-corrected chi connectivity index (χ3v) is 1.88. The molecule has 5 nitrogen and oxygen atoms in total. The largest absolute Gasteiger partial charge is 0.481 e. The average molecular weight is 230 g/mol. The summed E-state index contributed by atoms with van der Waals surface area (Å²) in [4.78, 5) is 21.5. The number of carbonyl (C=O) groups excluding carboxylic acids is 1. The fourth-order valence-electron chi connectivity index (χ4n) is 1.03. The first-order chi connectivity index (χ1) is 7.13. The van der Waals surface area contributed by atoms with Gasteiger partial charge < -0.3 is 14.3 Å². The molecule has 1 heterocycles. The van der Waals surface area contributed by atoms with Crippen molar-refractivity contribution in [1.29, 1.82) is 0 Å². The molecule has 1 unspecified atom stereocenters. The minimum atomic E-state index is -1.07. The lowest BCUT2D eigenvalue weighted by Crippen LogP contribution is -2.15. The topological polar surface area (TPSA) is 76.7 Å². The van der Waals surface area contributed by atoms with Crippen molar-refractivity contribution >= 4 is 24.6 Å². The summed E-state index contributed by atoms with van der Waals surface area (Å²) < 4.78 is 9.84. The van der Waals surface area contributed by atoms with Crippen molar-refractivity contribution in [2.24, 2.45) is 0 Å². The third kappa shape index (κ3) is 3.67. The molecule has 0 amide bonds. The summed E-state index contributed by atoms with van der Waals surface area (Å²) in [5, 5.41) is 8.62. The van der Waals surface area contributed by atoms with Crippen LogP contribution >= 0.6 is 12.6 Å². The number of thiol groups is 1. The summed E-state index contributed by atoms with van der Waals surface area (Å²) in [6.45, 7) is 0. The van der Waals surface area contributed by atoms with Gasteiger partial charge in [0.15, 0.2) is 6.10 Å². The summed E-state index contributed by atoms with van der Waals surface area (Å²) in [6, 6.07) is 3.15. The van der Waals surface area contributed by atoms with Crippen LogP contribution in [0.5, 0.6) is 0 Å². The molecule has 1 atom stereocenters. The highest BCUT2D eigenvalue weighted by Crippen LogP contribution is 2.21. The van der Waals surface area contributed by atoms with Crippen molar-refractivity contribution in [2.45, 2.75) is 12.5 Å². The highest BCUT2D eigenvalue weighted by atomic mass is 32.1. The monoisotopic (exact) mass is 230 g/mol. The maximum atomic E-state index is 11.0. The number of carboxylic acid groups (broad SMARTS) is 1. The van der Waals surface area contributed by atoms with Crippen molar-refractivity contribution in [3.63, 3.8) is 0 Å². The van der Waals surface area contributed by atoms with Crippen molar-refractivity contribution in [3.8, 4) is 0 Å². The molecule has 0 fully saturated rings. The van der Waals surface area contributed by atoms with Crippen LogP contribution in [0, 0.1) is 0 Å². The zero-order valence-electron chi connectivity index (χ0n) is 7.75. The lowest BCUT2D eigenvalue weighted by Gasteiger charge is -2.12. The van der Waals surface area contributed by atoms with Gasteiger partial charge in [-0.15, -0.1) is 0 Å². The van der Waals surface area contributed by atoms with E-state index in [1.807, 2.05) is 0 Å². The van der Waals surface area contributed by atoms with Gasteiger partial charge in [0.25, 0.3) is 0 Å².